The van der Waals surface area contributed by atoms with E-state index in [0.29, 0.717) is 24.4 Å². The molecule has 0 unspecified atom stereocenters. The highest BCUT2D eigenvalue weighted by Gasteiger charge is 2.14. The number of nitrogens with one attached hydrogen (secondary N) is 1. The van der Waals surface area contributed by atoms with Gasteiger partial charge < -0.3 is 10.1 Å². The number of carbonyl (C=O) groups is 1. The van der Waals surface area contributed by atoms with Gasteiger partial charge in [-0.1, -0.05) is 18.7 Å². The number of nitrogens with zero attached hydrogens (tertiary/aromatic N) is 5. The minimum absolute atomic E-state index is 0.273. The summed E-state index contributed by atoms with van der Waals surface area (Å²) in [6, 6.07) is 11.6. The molecule has 1 amide bonds. The molecule has 8 heteroatoms. The molecule has 0 spiro atoms. The molecule has 0 aliphatic heterocycles. The molecule has 1 aromatic carbocycles. The average molecular weight is 412 g/mol. The topological polar surface area (TPSA) is 97.2 Å². The number of fused-ring (bicyclic) bond motifs is 1. The molecule has 154 valence electrons. The van der Waals surface area contributed by atoms with E-state index in [1.807, 2.05) is 47.4 Å². The molecule has 0 fully saturated rings. The number of ether oxygens (including phenoxy) is 1. The van der Waals surface area contributed by atoms with E-state index in [1.54, 1.807) is 24.0 Å². The van der Waals surface area contributed by atoms with Gasteiger partial charge in [0, 0.05) is 41.9 Å². The van der Waals surface area contributed by atoms with Gasteiger partial charge in [-0.15, -0.1) is 0 Å². The van der Waals surface area contributed by atoms with E-state index in [9.17, 15) is 10.1 Å². The van der Waals surface area contributed by atoms with E-state index >= 15 is 0 Å². The van der Waals surface area contributed by atoms with Crippen molar-refractivity contribution in [1.29, 1.82) is 5.26 Å². The Labute approximate surface area is 179 Å². The monoisotopic (exact) mass is 412 g/mol. The number of hydrogen-bond acceptors (Lipinski definition) is 5. The van der Waals surface area contributed by atoms with Gasteiger partial charge in [-0.2, -0.15) is 15.5 Å². The summed E-state index contributed by atoms with van der Waals surface area (Å²) in [7, 11) is 1.66. The third-order valence-corrected chi connectivity index (χ3v) is 4.87. The van der Waals surface area contributed by atoms with Crippen molar-refractivity contribution >= 4 is 17.1 Å². The number of hydrogen-bond donors (Lipinski definition) is 1. The van der Waals surface area contributed by atoms with Crippen LogP contribution in [-0.2, 0) is 16.1 Å². The van der Waals surface area contributed by atoms with Crippen LogP contribution >= 0.6 is 0 Å². The molecule has 0 radical (unpaired) electrons. The Morgan fingerprint density at radius 2 is 2.00 bits per heavy atom. The van der Waals surface area contributed by atoms with Crippen molar-refractivity contribution in [3.8, 4) is 28.3 Å². The van der Waals surface area contributed by atoms with E-state index in [4.69, 9.17) is 4.74 Å². The number of carbonyl (C=O) groups excluding carboxylic acids is 1. The Kier molecular flexibility index (Phi) is 5.60. The van der Waals surface area contributed by atoms with Crippen LogP contribution in [0.4, 0.5) is 5.69 Å². The summed E-state index contributed by atoms with van der Waals surface area (Å²) in [4.78, 5) is 11.5. The highest BCUT2D eigenvalue weighted by atomic mass is 16.5. The fraction of sp³-hybridized carbons (Fsp3) is 0.130. The number of aromatic nitrogens is 4. The number of benzene rings is 1. The number of amides is 1. The third-order valence-electron chi connectivity index (χ3n) is 4.87. The van der Waals surface area contributed by atoms with Crippen LogP contribution in [0.3, 0.4) is 0 Å². The second-order valence-electron chi connectivity index (χ2n) is 6.86. The van der Waals surface area contributed by atoms with Crippen molar-refractivity contribution in [3.05, 3.63) is 73.3 Å². The van der Waals surface area contributed by atoms with Crippen molar-refractivity contribution in [3.63, 3.8) is 0 Å². The lowest BCUT2D eigenvalue weighted by atomic mass is 10.00. The first-order chi connectivity index (χ1) is 15.1. The summed E-state index contributed by atoms with van der Waals surface area (Å²) < 4.78 is 8.65. The molecular formula is C23H20N6O2. The Balaban J connectivity index is 1.79. The van der Waals surface area contributed by atoms with Crippen molar-refractivity contribution in [2.45, 2.75) is 6.54 Å². The zero-order chi connectivity index (χ0) is 21.8. The van der Waals surface area contributed by atoms with E-state index in [2.05, 4.69) is 28.2 Å². The second-order valence-corrected chi connectivity index (χ2v) is 6.86. The molecule has 8 nitrogen and oxygen atoms in total. The number of nitriles is 1. The normalized spacial score (nSPS) is 10.7. The van der Waals surface area contributed by atoms with Gasteiger partial charge in [0.15, 0.2) is 0 Å². The van der Waals surface area contributed by atoms with Crippen LogP contribution in [0.15, 0.2) is 67.8 Å². The molecule has 3 heterocycles. The molecule has 4 aromatic rings. The van der Waals surface area contributed by atoms with E-state index in [1.165, 1.54) is 6.08 Å². The highest BCUT2D eigenvalue weighted by molar-refractivity contribution is 5.99. The number of methoxy groups -OCH3 is 1. The molecule has 0 saturated carbocycles. The second kappa shape index (κ2) is 8.65. The zero-order valence-electron chi connectivity index (χ0n) is 16.9. The maximum atomic E-state index is 11.5. The summed E-state index contributed by atoms with van der Waals surface area (Å²) in [5, 5.41) is 21.0. The largest absolute Gasteiger partial charge is 0.383 e. The first kappa shape index (κ1) is 20.1. The fourth-order valence-corrected chi connectivity index (χ4v) is 3.33. The number of rotatable bonds is 7. The summed E-state index contributed by atoms with van der Waals surface area (Å²) in [6.07, 6.45) is 8.41. The fourth-order valence-electron chi connectivity index (χ4n) is 3.33. The average Bonchev–Trinajstić information content (AvgIpc) is 3.44. The van der Waals surface area contributed by atoms with Crippen LogP contribution < -0.4 is 5.32 Å². The predicted molar refractivity (Wildman–Crippen MR) is 117 cm³/mol. The van der Waals surface area contributed by atoms with E-state index in [0.717, 1.165) is 27.8 Å². The van der Waals surface area contributed by atoms with Gasteiger partial charge in [-0.25, -0.2) is 4.52 Å². The highest BCUT2D eigenvalue weighted by Crippen LogP contribution is 2.32. The number of pyridine rings is 1. The first-order valence-electron chi connectivity index (χ1n) is 9.60. The Hall–Kier alpha value is -4.22. The molecule has 0 atom stereocenters. The zero-order valence-corrected chi connectivity index (χ0v) is 16.9. The van der Waals surface area contributed by atoms with Crippen molar-refractivity contribution in [2.75, 3.05) is 19.0 Å². The smallest absolute Gasteiger partial charge is 0.247 e. The summed E-state index contributed by atoms with van der Waals surface area (Å²) >= 11 is 0. The van der Waals surface area contributed by atoms with Gasteiger partial charge in [-0.05, 0) is 29.8 Å². The summed E-state index contributed by atoms with van der Waals surface area (Å²) in [6.45, 7) is 4.69. The van der Waals surface area contributed by atoms with Crippen LogP contribution in [0.2, 0.25) is 0 Å². The molecule has 0 aliphatic rings. The van der Waals surface area contributed by atoms with Crippen LogP contribution in [0.25, 0.3) is 27.8 Å². The summed E-state index contributed by atoms with van der Waals surface area (Å²) in [5.41, 5.74) is 5.48. The Morgan fingerprint density at radius 3 is 2.71 bits per heavy atom. The molecule has 4 rings (SSSR count). The van der Waals surface area contributed by atoms with Crippen LogP contribution in [0.5, 0.6) is 0 Å². The molecule has 3 aromatic heterocycles. The van der Waals surface area contributed by atoms with Gasteiger partial charge in [0.1, 0.15) is 6.07 Å². The first-order valence-corrected chi connectivity index (χ1v) is 9.60. The summed E-state index contributed by atoms with van der Waals surface area (Å²) in [5.74, 6) is -0.273. The van der Waals surface area contributed by atoms with Crippen LogP contribution in [0.1, 0.15) is 5.56 Å². The van der Waals surface area contributed by atoms with E-state index in [-0.39, 0.29) is 5.91 Å². The van der Waals surface area contributed by atoms with Gasteiger partial charge in [0.25, 0.3) is 0 Å². The van der Waals surface area contributed by atoms with Gasteiger partial charge in [-0.3, -0.25) is 9.48 Å². The van der Waals surface area contributed by atoms with Crippen molar-refractivity contribution in [1.82, 2.24) is 19.4 Å². The maximum absolute atomic E-state index is 11.5. The molecular weight excluding hydrogens is 392 g/mol. The molecule has 1 N–H and O–H groups in total. The Morgan fingerprint density at radius 1 is 1.19 bits per heavy atom. The van der Waals surface area contributed by atoms with Gasteiger partial charge in [0.2, 0.25) is 5.91 Å². The SMILES string of the molecule is C=CC(=O)Nc1ccc(-c2cc(-c3cnn(CCOC)c3)cn3ncc(C#N)c23)cc1. The third kappa shape index (κ3) is 4.08. The maximum Gasteiger partial charge on any atom is 0.247 e. The quantitative estimate of drug-likeness (QED) is 0.469. The van der Waals surface area contributed by atoms with Gasteiger partial charge >= 0.3 is 0 Å². The van der Waals surface area contributed by atoms with Crippen molar-refractivity contribution < 1.29 is 9.53 Å². The lowest BCUT2D eigenvalue weighted by Gasteiger charge is -2.10. The predicted octanol–water partition coefficient (Wildman–Crippen LogP) is 3.51. The minimum Gasteiger partial charge on any atom is -0.383 e. The van der Waals surface area contributed by atoms with Crippen LogP contribution in [0, 0.1) is 11.3 Å². The van der Waals surface area contributed by atoms with Gasteiger partial charge in [0.05, 0.1) is 36.6 Å². The van der Waals surface area contributed by atoms with E-state index < -0.39 is 0 Å². The van der Waals surface area contributed by atoms with Crippen LogP contribution in [-0.4, -0.2) is 39.0 Å². The molecule has 31 heavy (non-hydrogen) atoms. The van der Waals surface area contributed by atoms with Crippen molar-refractivity contribution in [2.24, 2.45) is 0 Å². The molecule has 0 aliphatic carbocycles. The lowest BCUT2D eigenvalue weighted by molar-refractivity contribution is -0.111. The lowest BCUT2D eigenvalue weighted by Crippen LogP contribution is -2.06. The number of anilines is 1. The Bertz CT molecular complexity index is 1290. The molecule has 0 saturated heterocycles. The molecule has 0 bridgehead atoms. The minimum atomic E-state index is -0.273. The standard InChI is InChI=1S/C23H20N6O2/c1-3-22(30)27-20-6-4-16(5-7-20)21-10-17(15-29-23(21)18(11-24)12-26-29)19-13-25-28(14-19)8-9-31-2/h3-7,10,12-15H,1,8-9H2,2H3,(H,27,30).